The van der Waals surface area contributed by atoms with Crippen LogP contribution in [0, 0.1) is 6.92 Å². The molecule has 1 saturated heterocycles. The number of quaternary nitrogens is 1. The summed E-state index contributed by atoms with van der Waals surface area (Å²) in [7, 11) is 0.411. The predicted octanol–water partition coefficient (Wildman–Crippen LogP) is 0.297. The van der Waals surface area contributed by atoms with E-state index in [0.717, 1.165) is 10.5 Å². The third kappa shape index (κ3) is 4.59. The lowest BCUT2D eigenvalue weighted by Gasteiger charge is -2.20. The molecule has 1 aromatic carbocycles. The van der Waals surface area contributed by atoms with E-state index in [-0.39, 0.29) is 30.0 Å². The Bertz CT molecular complexity index is 706. The Morgan fingerprint density at radius 1 is 1.48 bits per heavy atom. The van der Waals surface area contributed by atoms with E-state index < -0.39 is 9.84 Å². The van der Waals surface area contributed by atoms with Crippen LogP contribution in [0.1, 0.15) is 12.0 Å². The average molecular weight is 362 g/mol. The van der Waals surface area contributed by atoms with Crippen LogP contribution in [0.5, 0.6) is 5.75 Å². The predicted molar refractivity (Wildman–Crippen MR) is 90.2 cm³/mol. The third-order valence-electron chi connectivity index (χ3n) is 4.12. The largest absolute Gasteiger partial charge is 0.495 e. The number of carbonyl (C=O) groups is 1. The molecule has 1 aromatic rings. The number of hydrogen-bond donors (Lipinski definition) is 2. The van der Waals surface area contributed by atoms with Gasteiger partial charge in [0.15, 0.2) is 16.4 Å². The van der Waals surface area contributed by atoms with Gasteiger partial charge in [0.1, 0.15) is 17.5 Å². The Morgan fingerprint density at radius 2 is 2.17 bits per heavy atom. The van der Waals surface area contributed by atoms with E-state index in [1.807, 2.05) is 14.0 Å². The number of sulfone groups is 1. The molecule has 8 heteroatoms. The Labute approximate surface area is 141 Å². The van der Waals surface area contributed by atoms with Gasteiger partial charge >= 0.3 is 0 Å². The molecule has 0 bridgehead atoms. The fraction of sp³-hybridized carbons (Fsp3) is 0.533. The van der Waals surface area contributed by atoms with Crippen LogP contribution in [0.4, 0.5) is 5.69 Å². The summed E-state index contributed by atoms with van der Waals surface area (Å²) >= 11 is 6.04. The smallest absolute Gasteiger partial charge is 0.279 e. The standard InChI is InChI=1S/C15H21ClN2O4S/c1-10-6-13(14(22-3)7-12(10)16)17-15(19)8-18(2)11-4-5-23(20,21)9-11/h6-7,11H,4-5,8-9H2,1-3H3,(H,17,19)/p+1/t11-/m1/s1. The second kappa shape index (κ2) is 7.07. The van der Waals surface area contributed by atoms with Gasteiger partial charge in [-0.1, -0.05) is 11.6 Å². The van der Waals surface area contributed by atoms with E-state index >= 15 is 0 Å². The number of amides is 1. The lowest BCUT2D eigenvalue weighted by molar-refractivity contribution is -0.894. The zero-order valence-corrected chi connectivity index (χ0v) is 15.1. The first-order valence-corrected chi connectivity index (χ1v) is 9.58. The first kappa shape index (κ1) is 18.0. The van der Waals surface area contributed by atoms with Crippen molar-refractivity contribution in [2.24, 2.45) is 0 Å². The van der Waals surface area contributed by atoms with E-state index in [0.29, 0.717) is 22.9 Å². The number of aryl methyl sites for hydroxylation is 1. The molecule has 0 aliphatic carbocycles. The Balaban J connectivity index is 2.01. The molecular weight excluding hydrogens is 340 g/mol. The van der Waals surface area contributed by atoms with Crippen LogP contribution >= 0.6 is 11.6 Å². The Morgan fingerprint density at radius 3 is 2.74 bits per heavy atom. The van der Waals surface area contributed by atoms with Crippen molar-refractivity contribution >= 4 is 33.0 Å². The van der Waals surface area contributed by atoms with Crippen LogP contribution in [0.25, 0.3) is 0 Å². The van der Waals surface area contributed by atoms with Crippen molar-refractivity contribution in [1.29, 1.82) is 0 Å². The number of likely N-dealkylation sites (N-methyl/N-ethyl adjacent to an activating group) is 1. The molecule has 0 spiro atoms. The van der Waals surface area contributed by atoms with Crippen molar-refractivity contribution in [3.63, 3.8) is 0 Å². The minimum atomic E-state index is -2.94. The molecule has 0 aromatic heterocycles. The first-order valence-electron chi connectivity index (χ1n) is 7.38. The topological polar surface area (TPSA) is 76.9 Å². The number of halogens is 1. The van der Waals surface area contributed by atoms with E-state index in [4.69, 9.17) is 16.3 Å². The van der Waals surface area contributed by atoms with E-state index in [9.17, 15) is 13.2 Å². The number of hydrogen-bond acceptors (Lipinski definition) is 4. The summed E-state index contributed by atoms with van der Waals surface area (Å²) in [6.45, 7) is 2.04. The molecule has 0 saturated carbocycles. The minimum Gasteiger partial charge on any atom is -0.495 e. The summed E-state index contributed by atoms with van der Waals surface area (Å²) in [5.41, 5.74) is 1.40. The number of anilines is 1. The molecule has 128 valence electrons. The van der Waals surface area contributed by atoms with E-state index in [1.165, 1.54) is 7.11 Å². The molecule has 23 heavy (non-hydrogen) atoms. The Hall–Kier alpha value is -1.31. The molecule has 2 rings (SSSR count). The molecule has 2 atom stereocenters. The monoisotopic (exact) mass is 361 g/mol. The number of rotatable bonds is 5. The van der Waals surface area contributed by atoms with Gasteiger partial charge in [0.2, 0.25) is 0 Å². The summed E-state index contributed by atoms with van der Waals surface area (Å²) in [6.07, 6.45) is 0.602. The van der Waals surface area contributed by atoms with Gasteiger partial charge in [-0.25, -0.2) is 8.42 Å². The number of methoxy groups -OCH3 is 1. The highest BCUT2D eigenvalue weighted by molar-refractivity contribution is 7.91. The number of nitrogens with one attached hydrogen (secondary N) is 2. The maximum atomic E-state index is 12.2. The zero-order valence-electron chi connectivity index (χ0n) is 13.5. The van der Waals surface area contributed by atoms with Crippen molar-refractivity contribution < 1.29 is 22.8 Å². The van der Waals surface area contributed by atoms with E-state index in [2.05, 4.69) is 5.32 Å². The Kier molecular flexibility index (Phi) is 5.54. The maximum absolute atomic E-state index is 12.2. The summed E-state index contributed by atoms with van der Waals surface area (Å²) in [6, 6.07) is 3.39. The molecule has 1 heterocycles. The van der Waals surface area contributed by atoms with Gasteiger partial charge in [0.05, 0.1) is 25.6 Å². The molecule has 6 nitrogen and oxygen atoms in total. The van der Waals surface area contributed by atoms with E-state index in [1.54, 1.807) is 12.1 Å². The highest BCUT2D eigenvalue weighted by Crippen LogP contribution is 2.30. The van der Waals surface area contributed by atoms with Crippen LogP contribution in [0.2, 0.25) is 5.02 Å². The fourth-order valence-corrected chi connectivity index (χ4v) is 4.73. The number of benzene rings is 1. The molecule has 1 aliphatic heterocycles. The minimum absolute atomic E-state index is 0.0281. The number of carbonyl (C=O) groups excluding carboxylic acids is 1. The molecule has 1 amide bonds. The second-order valence-electron chi connectivity index (χ2n) is 5.97. The van der Waals surface area contributed by atoms with Crippen molar-refractivity contribution in [3.05, 3.63) is 22.7 Å². The van der Waals surface area contributed by atoms with Gasteiger partial charge in [0, 0.05) is 17.5 Å². The van der Waals surface area contributed by atoms with Gasteiger partial charge in [0.25, 0.3) is 5.91 Å². The van der Waals surface area contributed by atoms with Crippen LogP contribution in [-0.4, -0.2) is 52.6 Å². The second-order valence-corrected chi connectivity index (χ2v) is 8.61. The van der Waals surface area contributed by atoms with Gasteiger partial charge in [-0.3, -0.25) is 4.79 Å². The summed E-state index contributed by atoms with van der Waals surface area (Å²) in [5.74, 6) is 0.665. The van der Waals surface area contributed by atoms with Gasteiger partial charge in [-0.15, -0.1) is 0 Å². The van der Waals surface area contributed by atoms with Crippen LogP contribution in [0.15, 0.2) is 12.1 Å². The molecule has 1 aliphatic rings. The maximum Gasteiger partial charge on any atom is 0.279 e. The lowest BCUT2D eigenvalue weighted by Crippen LogP contribution is -3.14. The summed E-state index contributed by atoms with van der Waals surface area (Å²) in [5, 5.41) is 3.38. The summed E-state index contributed by atoms with van der Waals surface area (Å²) in [4.78, 5) is 13.1. The van der Waals surface area contributed by atoms with Gasteiger partial charge in [-0.05, 0) is 18.6 Å². The molecular formula is C15H22ClN2O4S+. The highest BCUT2D eigenvalue weighted by Gasteiger charge is 2.34. The summed E-state index contributed by atoms with van der Waals surface area (Å²) < 4.78 is 28.3. The van der Waals surface area contributed by atoms with Crippen LogP contribution in [0.3, 0.4) is 0 Å². The normalized spacial score (nSPS) is 21.0. The van der Waals surface area contributed by atoms with Crippen LogP contribution in [-0.2, 0) is 14.6 Å². The SMILES string of the molecule is COc1cc(Cl)c(C)cc1NC(=O)C[NH+](C)[C@@H]1CCS(=O)(=O)C1. The first-order chi connectivity index (χ1) is 10.7. The van der Waals surface area contributed by atoms with Crippen molar-refractivity contribution in [2.75, 3.05) is 37.5 Å². The van der Waals surface area contributed by atoms with Crippen molar-refractivity contribution in [2.45, 2.75) is 19.4 Å². The quantitative estimate of drug-likeness (QED) is 0.790. The molecule has 1 fully saturated rings. The fourth-order valence-electron chi connectivity index (χ4n) is 2.71. The lowest BCUT2D eigenvalue weighted by atomic mass is 10.2. The van der Waals surface area contributed by atoms with Crippen molar-refractivity contribution in [3.8, 4) is 5.75 Å². The molecule has 2 N–H and O–H groups in total. The third-order valence-corrected chi connectivity index (χ3v) is 6.30. The van der Waals surface area contributed by atoms with Gasteiger partial charge in [-0.2, -0.15) is 0 Å². The van der Waals surface area contributed by atoms with Crippen molar-refractivity contribution in [1.82, 2.24) is 0 Å². The average Bonchev–Trinajstić information content (AvgIpc) is 2.83. The zero-order chi connectivity index (χ0) is 17.2. The van der Waals surface area contributed by atoms with Gasteiger partial charge < -0.3 is 15.0 Å². The van der Waals surface area contributed by atoms with Crippen LogP contribution < -0.4 is 15.0 Å². The molecule has 1 unspecified atom stereocenters. The highest BCUT2D eigenvalue weighted by atomic mass is 35.5. The molecule has 0 radical (unpaired) electrons. The number of ether oxygens (including phenoxy) is 1.